The molecule has 2 rings (SSSR count). The predicted octanol–water partition coefficient (Wildman–Crippen LogP) is 2.31. The normalized spacial score (nSPS) is 11.5. The number of hydrogen-bond acceptors (Lipinski definition) is 4. The molecule has 0 saturated carbocycles. The number of nitrogens with zero attached hydrogens (tertiary/aromatic N) is 1. The van der Waals surface area contributed by atoms with Gasteiger partial charge in [0.1, 0.15) is 5.82 Å². The maximum atomic E-state index is 11.8. The number of anilines is 1. The average Bonchev–Trinajstić information content (AvgIpc) is 2.54. The molecule has 0 bridgehead atoms. The summed E-state index contributed by atoms with van der Waals surface area (Å²) < 4.78 is 26.1. The van der Waals surface area contributed by atoms with E-state index in [2.05, 4.69) is 15.0 Å². The second kappa shape index (κ2) is 8.37. The fourth-order valence-corrected chi connectivity index (χ4v) is 2.72. The summed E-state index contributed by atoms with van der Waals surface area (Å²) in [7, 11) is -3.58. The summed E-state index contributed by atoms with van der Waals surface area (Å²) in [6, 6.07) is 12.7. The van der Waals surface area contributed by atoms with Crippen molar-refractivity contribution in [2.75, 3.05) is 11.9 Å². The van der Waals surface area contributed by atoms with Crippen LogP contribution in [-0.4, -0.2) is 25.9 Å². The molecule has 1 heterocycles. The molecule has 7 heteroatoms. The van der Waals surface area contributed by atoms with E-state index in [4.69, 9.17) is 0 Å². The Kier molecular flexibility index (Phi) is 6.22. The highest BCUT2D eigenvalue weighted by atomic mass is 32.2. The molecule has 0 saturated heterocycles. The zero-order valence-corrected chi connectivity index (χ0v) is 14.1. The Labute approximate surface area is 141 Å². The van der Waals surface area contributed by atoms with Gasteiger partial charge in [-0.25, -0.2) is 18.1 Å². The fourth-order valence-electron chi connectivity index (χ4n) is 1.90. The van der Waals surface area contributed by atoms with Gasteiger partial charge in [0.05, 0.1) is 0 Å². The third kappa shape index (κ3) is 6.31. The summed E-state index contributed by atoms with van der Waals surface area (Å²) in [6.07, 6.45) is 3.12. The third-order valence-corrected chi connectivity index (χ3v) is 4.18. The van der Waals surface area contributed by atoms with Crippen LogP contribution in [0.5, 0.6) is 0 Å². The van der Waals surface area contributed by atoms with E-state index in [-0.39, 0.29) is 18.9 Å². The predicted molar refractivity (Wildman–Crippen MR) is 94.6 cm³/mol. The third-order valence-electron chi connectivity index (χ3n) is 3.08. The van der Waals surface area contributed by atoms with Gasteiger partial charge in [-0.15, -0.1) is 0 Å². The van der Waals surface area contributed by atoms with Gasteiger partial charge in [0.25, 0.3) is 0 Å². The van der Waals surface area contributed by atoms with E-state index in [9.17, 15) is 13.2 Å². The van der Waals surface area contributed by atoms with E-state index >= 15 is 0 Å². The average molecular weight is 345 g/mol. The first-order valence-corrected chi connectivity index (χ1v) is 8.94. The largest absolute Gasteiger partial charge is 0.311 e. The lowest BCUT2D eigenvalue weighted by Crippen LogP contribution is -2.26. The molecule has 2 N–H and O–H groups in total. The van der Waals surface area contributed by atoms with Gasteiger partial charge in [-0.05, 0) is 36.3 Å². The summed E-state index contributed by atoms with van der Waals surface area (Å²) >= 11 is 0. The second-order valence-corrected chi connectivity index (χ2v) is 6.82. The van der Waals surface area contributed by atoms with E-state index in [1.165, 1.54) is 6.08 Å². The van der Waals surface area contributed by atoms with Crippen molar-refractivity contribution in [1.29, 1.82) is 0 Å². The SMILES string of the molecule is Cc1ccnc(NC(=O)CCNS(=O)(=O)/C=C/c2ccccc2)c1. The molecule has 0 unspecified atom stereocenters. The Morgan fingerprint density at radius 1 is 1.21 bits per heavy atom. The lowest BCUT2D eigenvalue weighted by Gasteiger charge is -2.05. The summed E-state index contributed by atoms with van der Waals surface area (Å²) in [5.74, 6) is 0.148. The van der Waals surface area contributed by atoms with Crippen LogP contribution in [0, 0.1) is 6.92 Å². The van der Waals surface area contributed by atoms with Crippen molar-refractivity contribution in [3.05, 3.63) is 65.2 Å². The van der Waals surface area contributed by atoms with E-state index in [0.29, 0.717) is 5.82 Å². The number of hydrogen-bond donors (Lipinski definition) is 2. The number of pyridine rings is 1. The molecule has 24 heavy (non-hydrogen) atoms. The maximum Gasteiger partial charge on any atom is 0.233 e. The van der Waals surface area contributed by atoms with Gasteiger partial charge in [0.15, 0.2) is 0 Å². The van der Waals surface area contributed by atoms with Crippen LogP contribution in [0.4, 0.5) is 5.82 Å². The van der Waals surface area contributed by atoms with Gasteiger partial charge >= 0.3 is 0 Å². The van der Waals surface area contributed by atoms with Crippen LogP contribution in [-0.2, 0) is 14.8 Å². The Bertz CT molecular complexity index is 818. The maximum absolute atomic E-state index is 11.8. The molecule has 6 nitrogen and oxygen atoms in total. The zero-order chi connectivity index (χ0) is 17.4. The van der Waals surface area contributed by atoms with Crippen molar-refractivity contribution in [3.8, 4) is 0 Å². The molecule has 1 aromatic heterocycles. The minimum absolute atomic E-state index is 0.0130. The molecule has 0 radical (unpaired) electrons. The Balaban J connectivity index is 1.80. The first-order valence-electron chi connectivity index (χ1n) is 7.40. The highest BCUT2D eigenvalue weighted by Crippen LogP contribution is 2.06. The molecule has 0 aliphatic heterocycles. The minimum Gasteiger partial charge on any atom is -0.311 e. The summed E-state index contributed by atoms with van der Waals surface area (Å²) in [4.78, 5) is 15.8. The highest BCUT2D eigenvalue weighted by molar-refractivity contribution is 7.92. The van der Waals surface area contributed by atoms with Gasteiger partial charge < -0.3 is 5.32 Å². The standard InChI is InChI=1S/C17H19N3O3S/c1-14-7-10-18-16(13-14)20-17(21)8-11-19-24(22,23)12-9-15-5-3-2-4-6-15/h2-7,9-10,12-13,19H,8,11H2,1H3,(H,18,20,21)/b12-9+. The van der Waals surface area contributed by atoms with Crippen LogP contribution in [0.3, 0.4) is 0 Å². The number of amides is 1. The molecule has 1 aromatic carbocycles. The smallest absolute Gasteiger partial charge is 0.233 e. The first kappa shape index (κ1) is 17.8. The first-order chi connectivity index (χ1) is 11.4. The van der Waals surface area contributed by atoms with Gasteiger partial charge in [-0.3, -0.25) is 4.79 Å². The quantitative estimate of drug-likeness (QED) is 0.806. The number of nitrogens with one attached hydrogen (secondary N) is 2. The number of sulfonamides is 1. The molecule has 0 aliphatic rings. The van der Waals surface area contributed by atoms with Crippen LogP contribution in [0.15, 0.2) is 54.1 Å². The number of aryl methyl sites for hydroxylation is 1. The second-order valence-electron chi connectivity index (χ2n) is 5.17. The molecular weight excluding hydrogens is 326 g/mol. The van der Waals surface area contributed by atoms with Gasteiger partial charge in [0.2, 0.25) is 15.9 Å². The van der Waals surface area contributed by atoms with Crippen LogP contribution in [0.25, 0.3) is 6.08 Å². The Hall–Kier alpha value is -2.51. The molecule has 0 aliphatic carbocycles. The van der Waals surface area contributed by atoms with Crippen LogP contribution in [0.1, 0.15) is 17.5 Å². The highest BCUT2D eigenvalue weighted by Gasteiger charge is 2.08. The van der Waals surface area contributed by atoms with Crippen molar-refractivity contribution in [1.82, 2.24) is 9.71 Å². The van der Waals surface area contributed by atoms with Gasteiger partial charge in [-0.1, -0.05) is 30.3 Å². The number of rotatable bonds is 7. The van der Waals surface area contributed by atoms with Crippen LogP contribution in [0.2, 0.25) is 0 Å². The van der Waals surface area contributed by atoms with Crippen molar-refractivity contribution >= 4 is 27.8 Å². The van der Waals surface area contributed by atoms with E-state index in [0.717, 1.165) is 16.5 Å². The molecule has 1 amide bonds. The number of carbonyl (C=O) groups excluding carboxylic acids is 1. The van der Waals surface area contributed by atoms with Crippen molar-refractivity contribution in [3.63, 3.8) is 0 Å². The van der Waals surface area contributed by atoms with E-state index < -0.39 is 10.0 Å². The topological polar surface area (TPSA) is 88.2 Å². The lowest BCUT2D eigenvalue weighted by atomic mass is 10.2. The molecule has 0 spiro atoms. The Morgan fingerprint density at radius 3 is 2.67 bits per heavy atom. The molecule has 0 fully saturated rings. The van der Waals surface area contributed by atoms with E-state index in [1.807, 2.05) is 31.2 Å². The molecular formula is C17H19N3O3S. The van der Waals surface area contributed by atoms with Crippen LogP contribution >= 0.6 is 0 Å². The van der Waals surface area contributed by atoms with E-state index in [1.54, 1.807) is 24.4 Å². The molecule has 126 valence electrons. The van der Waals surface area contributed by atoms with Crippen molar-refractivity contribution < 1.29 is 13.2 Å². The van der Waals surface area contributed by atoms with Crippen LogP contribution < -0.4 is 10.0 Å². The minimum atomic E-state index is -3.58. The zero-order valence-electron chi connectivity index (χ0n) is 13.3. The van der Waals surface area contributed by atoms with Crippen molar-refractivity contribution in [2.45, 2.75) is 13.3 Å². The van der Waals surface area contributed by atoms with Gasteiger partial charge in [0, 0.05) is 24.6 Å². The molecule has 2 aromatic rings. The summed E-state index contributed by atoms with van der Waals surface area (Å²) in [5, 5.41) is 3.71. The number of carbonyl (C=O) groups is 1. The number of benzene rings is 1. The van der Waals surface area contributed by atoms with Gasteiger partial charge in [-0.2, -0.15) is 0 Å². The fraction of sp³-hybridized carbons (Fsp3) is 0.176. The summed E-state index contributed by atoms with van der Waals surface area (Å²) in [5.41, 5.74) is 1.76. The summed E-state index contributed by atoms with van der Waals surface area (Å²) in [6.45, 7) is 1.91. The Morgan fingerprint density at radius 2 is 1.96 bits per heavy atom. The lowest BCUT2D eigenvalue weighted by molar-refractivity contribution is -0.116. The molecule has 0 atom stereocenters. The monoisotopic (exact) mass is 345 g/mol. The van der Waals surface area contributed by atoms with Crippen molar-refractivity contribution in [2.24, 2.45) is 0 Å². The number of aromatic nitrogens is 1.